The quantitative estimate of drug-likeness (QED) is 0.267. The first-order valence-electron chi connectivity index (χ1n) is 9.29. The number of aryl methyl sites for hydroxylation is 1. The lowest BCUT2D eigenvalue weighted by atomic mass is 10.1. The molecule has 0 unspecified atom stereocenters. The molecule has 150 valence electrons. The fourth-order valence-corrected chi connectivity index (χ4v) is 4.61. The summed E-state index contributed by atoms with van der Waals surface area (Å²) in [6.07, 6.45) is 12.1. The standard InChI is InChI=1S/C20H18N8OS/c1-4-14-11-22-18(23-12-14)15-5-8-28(9-6-15)20-25-16-7-10-30(29)17(16)19(26-20)24-13(2)27-21-3/h1,5,11-12H,6-10H2,2H3,(H,24,25,26,27)/t30-/m0/s1. The van der Waals surface area contributed by atoms with Crippen LogP contribution in [-0.4, -0.2) is 48.8 Å². The molecule has 0 fully saturated rings. The Bertz CT molecular complexity index is 1160. The van der Waals surface area contributed by atoms with E-state index in [4.69, 9.17) is 13.0 Å². The van der Waals surface area contributed by atoms with Crippen LogP contribution in [0.1, 0.15) is 30.4 Å². The summed E-state index contributed by atoms with van der Waals surface area (Å²) in [6, 6.07) is 0. The number of hydrogen-bond donors (Lipinski definition) is 1. The van der Waals surface area contributed by atoms with Crippen molar-refractivity contribution in [3.63, 3.8) is 0 Å². The van der Waals surface area contributed by atoms with Crippen molar-refractivity contribution in [3.8, 4) is 12.3 Å². The lowest BCUT2D eigenvalue weighted by Gasteiger charge is -2.26. The summed E-state index contributed by atoms with van der Waals surface area (Å²) in [7, 11) is -1.16. The van der Waals surface area contributed by atoms with Crippen LogP contribution in [0.4, 0.5) is 11.8 Å². The van der Waals surface area contributed by atoms with Crippen LogP contribution in [0.25, 0.3) is 10.5 Å². The number of anilines is 2. The third-order valence-corrected chi connectivity index (χ3v) is 6.23. The van der Waals surface area contributed by atoms with Gasteiger partial charge < -0.3 is 10.2 Å². The van der Waals surface area contributed by atoms with Crippen molar-refractivity contribution in [2.24, 2.45) is 5.10 Å². The first-order valence-corrected chi connectivity index (χ1v) is 10.6. The fraction of sp³-hybridized carbons (Fsp3) is 0.300. The molecule has 9 nitrogen and oxygen atoms in total. The van der Waals surface area contributed by atoms with Crippen molar-refractivity contribution in [3.05, 3.63) is 47.1 Å². The highest BCUT2D eigenvalue weighted by Crippen LogP contribution is 2.31. The molecule has 0 spiro atoms. The second kappa shape index (κ2) is 8.39. The minimum atomic E-state index is -1.16. The van der Waals surface area contributed by atoms with Crippen LogP contribution in [0.15, 0.2) is 28.5 Å². The molecule has 2 aliphatic rings. The smallest absolute Gasteiger partial charge is 0.227 e. The SMILES string of the molecule is [C-]#[N+]/N=C(/C)Nc1nc(N2CC=C(c3ncc(C#C)cn3)CC2)nc2c1[S@@](=O)CC2. The molecule has 0 amide bonds. The third-order valence-electron chi connectivity index (χ3n) is 4.77. The Morgan fingerprint density at radius 1 is 1.37 bits per heavy atom. The zero-order chi connectivity index (χ0) is 21.1. The molecule has 1 atom stereocenters. The van der Waals surface area contributed by atoms with E-state index in [-0.39, 0.29) is 0 Å². The summed E-state index contributed by atoms with van der Waals surface area (Å²) in [4.78, 5) is 23.6. The zero-order valence-electron chi connectivity index (χ0n) is 16.3. The molecule has 1 N–H and O–H groups in total. The molecule has 0 bridgehead atoms. The maximum atomic E-state index is 12.4. The molecule has 0 radical (unpaired) electrons. The van der Waals surface area contributed by atoms with E-state index in [2.05, 4.69) is 47.3 Å². The van der Waals surface area contributed by atoms with Crippen molar-refractivity contribution >= 4 is 34.0 Å². The Morgan fingerprint density at radius 3 is 2.83 bits per heavy atom. The molecule has 0 aromatic carbocycles. The number of hydrogen-bond acceptors (Lipinski definition) is 7. The van der Waals surface area contributed by atoms with Crippen molar-refractivity contribution < 1.29 is 4.21 Å². The molecule has 2 aromatic heterocycles. The molecular formula is C20H18N8OS. The fourth-order valence-electron chi connectivity index (χ4n) is 3.30. The second-order valence-electron chi connectivity index (χ2n) is 6.72. The molecule has 0 aliphatic carbocycles. The highest BCUT2D eigenvalue weighted by molar-refractivity contribution is 7.85. The molecule has 2 aliphatic heterocycles. The summed E-state index contributed by atoms with van der Waals surface area (Å²) in [6.45, 7) is 9.85. The van der Waals surface area contributed by atoms with Crippen molar-refractivity contribution in [2.45, 2.75) is 24.7 Å². The largest absolute Gasteiger partial charge is 0.337 e. The van der Waals surface area contributed by atoms with Crippen LogP contribution < -0.4 is 10.2 Å². The summed E-state index contributed by atoms with van der Waals surface area (Å²) < 4.78 is 12.4. The summed E-state index contributed by atoms with van der Waals surface area (Å²) >= 11 is 0. The predicted molar refractivity (Wildman–Crippen MR) is 115 cm³/mol. The Morgan fingerprint density at radius 2 is 2.17 bits per heavy atom. The number of amidine groups is 1. The lowest BCUT2D eigenvalue weighted by molar-refractivity contribution is 0.685. The predicted octanol–water partition coefficient (Wildman–Crippen LogP) is 1.87. The molecule has 4 heterocycles. The van der Waals surface area contributed by atoms with Gasteiger partial charge >= 0.3 is 0 Å². The van der Waals surface area contributed by atoms with Gasteiger partial charge in [0.2, 0.25) is 5.95 Å². The topological polar surface area (TPSA) is 101 Å². The summed E-state index contributed by atoms with van der Waals surface area (Å²) in [5, 5.41) is 6.67. The molecule has 30 heavy (non-hydrogen) atoms. The van der Waals surface area contributed by atoms with Gasteiger partial charge in [0.05, 0.1) is 22.1 Å². The van der Waals surface area contributed by atoms with E-state index in [9.17, 15) is 4.21 Å². The van der Waals surface area contributed by atoms with Gasteiger partial charge in [0.25, 0.3) is 0 Å². The average molecular weight is 418 g/mol. The van der Waals surface area contributed by atoms with Crippen LogP contribution in [0.5, 0.6) is 0 Å². The number of terminal acetylenes is 1. The Kier molecular flexibility index (Phi) is 5.50. The minimum absolute atomic E-state index is 0.397. The number of rotatable bonds is 3. The molecule has 2 aromatic rings. The van der Waals surface area contributed by atoms with E-state index < -0.39 is 10.8 Å². The van der Waals surface area contributed by atoms with Gasteiger partial charge in [-0.05, 0) is 12.0 Å². The Labute approximate surface area is 176 Å². The van der Waals surface area contributed by atoms with Crippen molar-refractivity contribution in [1.29, 1.82) is 0 Å². The van der Waals surface area contributed by atoms with Crippen molar-refractivity contribution in [1.82, 2.24) is 19.9 Å². The van der Waals surface area contributed by atoms with Gasteiger partial charge in [-0.15, -0.1) is 11.4 Å². The molecular weight excluding hydrogens is 400 g/mol. The number of aromatic nitrogens is 4. The first kappa shape index (κ1) is 19.7. The van der Waals surface area contributed by atoms with Crippen LogP contribution >= 0.6 is 0 Å². The minimum Gasteiger partial charge on any atom is -0.337 e. The van der Waals surface area contributed by atoms with Gasteiger partial charge in [-0.3, -0.25) is 4.21 Å². The van der Waals surface area contributed by atoms with Crippen LogP contribution in [0.2, 0.25) is 0 Å². The van der Waals surface area contributed by atoms with Crippen LogP contribution in [-0.2, 0) is 17.2 Å². The lowest BCUT2D eigenvalue weighted by Crippen LogP contribution is -2.31. The van der Waals surface area contributed by atoms with E-state index in [1.165, 1.54) is 0 Å². The van der Waals surface area contributed by atoms with Crippen LogP contribution in [0.3, 0.4) is 0 Å². The molecule has 4 rings (SSSR count). The normalized spacial score (nSPS) is 18.2. The summed E-state index contributed by atoms with van der Waals surface area (Å²) in [5.74, 6) is 5.13. The second-order valence-corrected chi connectivity index (χ2v) is 8.23. The van der Waals surface area contributed by atoms with E-state index >= 15 is 0 Å². The highest BCUT2D eigenvalue weighted by atomic mass is 32.2. The van der Waals surface area contributed by atoms with Crippen LogP contribution in [0, 0.1) is 18.9 Å². The van der Waals surface area contributed by atoms with Gasteiger partial charge in [-0.25, -0.2) is 15.0 Å². The van der Waals surface area contributed by atoms with E-state index in [0.717, 1.165) is 17.7 Å². The molecule has 10 heteroatoms. The van der Waals surface area contributed by atoms with E-state index in [0.29, 0.717) is 59.1 Å². The zero-order valence-corrected chi connectivity index (χ0v) is 17.1. The third kappa shape index (κ3) is 3.91. The number of fused-ring (bicyclic) bond motifs is 1. The first-order chi connectivity index (χ1) is 14.6. The van der Waals surface area contributed by atoms with Gasteiger partial charge in [0, 0.05) is 44.6 Å². The van der Waals surface area contributed by atoms with Gasteiger partial charge in [-0.1, -0.05) is 12.0 Å². The summed E-state index contributed by atoms with van der Waals surface area (Å²) in [5.41, 5.74) is 2.48. The maximum absolute atomic E-state index is 12.4. The van der Waals surface area contributed by atoms with Gasteiger partial charge in [0.1, 0.15) is 10.00 Å². The van der Waals surface area contributed by atoms with E-state index in [1.807, 2.05) is 4.90 Å². The van der Waals surface area contributed by atoms with Gasteiger partial charge in [0.15, 0.2) is 17.5 Å². The van der Waals surface area contributed by atoms with E-state index in [1.54, 1.807) is 19.3 Å². The van der Waals surface area contributed by atoms with Gasteiger partial charge in [-0.2, -0.15) is 11.6 Å². The Balaban J connectivity index is 1.60. The Hall–Kier alpha value is -3.63. The van der Waals surface area contributed by atoms with Crippen molar-refractivity contribution in [2.75, 3.05) is 29.1 Å². The number of nitrogens with zero attached hydrogens (tertiary/aromatic N) is 7. The number of nitrogens with one attached hydrogen (secondary N) is 1. The average Bonchev–Trinajstić information content (AvgIpc) is 3.15. The molecule has 0 saturated heterocycles. The monoisotopic (exact) mass is 418 g/mol. The maximum Gasteiger partial charge on any atom is 0.227 e. The highest BCUT2D eigenvalue weighted by Gasteiger charge is 2.28. The molecule has 0 saturated carbocycles.